The molecule has 1 fully saturated rings. The van der Waals surface area contributed by atoms with Gasteiger partial charge in [0.25, 0.3) is 8.32 Å². The Morgan fingerprint density at radius 3 is 2.06 bits per heavy atom. The van der Waals surface area contributed by atoms with E-state index in [4.69, 9.17) is 18.6 Å². The van der Waals surface area contributed by atoms with Crippen LogP contribution in [0.3, 0.4) is 0 Å². The number of aliphatic hydroxyl groups excluding tert-OH is 1. The molecule has 0 aliphatic carbocycles. The standard InChI is InChI=1S/C40H56O6Si/c1-7-44-38(42)28-32(41)27-37-40(5,6)25-23-33(45-37)29-34(24-26-43-30-31-17-11-8-12-18-31)46-47(39(2,3)4,35-19-13-9-14-20-35)36-21-15-10-16-22-36/h8-22,32-34,37,41H,7,23-30H2,1-6H3/t32-,33+,34+,37+/m1/s1. The third-order valence-corrected chi connectivity index (χ3v) is 14.6. The second kappa shape index (κ2) is 17.0. The van der Waals surface area contributed by atoms with Gasteiger partial charge in [0.05, 0.1) is 44.1 Å². The molecule has 6 nitrogen and oxygen atoms in total. The number of carbonyl (C=O) groups is 1. The topological polar surface area (TPSA) is 74.2 Å². The Morgan fingerprint density at radius 1 is 0.936 bits per heavy atom. The fraction of sp³-hybridized carbons (Fsp3) is 0.525. The van der Waals surface area contributed by atoms with Crippen LogP contribution in [-0.4, -0.2) is 57.0 Å². The zero-order chi connectivity index (χ0) is 33.9. The van der Waals surface area contributed by atoms with Crippen LogP contribution in [0.1, 0.15) is 85.6 Å². The monoisotopic (exact) mass is 660 g/mol. The number of aliphatic hydroxyl groups is 1. The molecule has 256 valence electrons. The Kier molecular flexibility index (Phi) is 13.4. The molecule has 4 atom stereocenters. The maximum Gasteiger partial charge on any atom is 0.308 e. The third-order valence-electron chi connectivity index (χ3n) is 9.51. The Morgan fingerprint density at radius 2 is 1.51 bits per heavy atom. The molecule has 3 aromatic rings. The maximum absolute atomic E-state index is 12.1. The maximum atomic E-state index is 12.1. The van der Waals surface area contributed by atoms with Gasteiger partial charge in [0, 0.05) is 13.0 Å². The number of ether oxygens (including phenoxy) is 3. The number of rotatable bonds is 16. The van der Waals surface area contributed by atoms with Crippen LogP contribution in [0, 0.1) is 5.41 Å². The molecule has 3 aromatic carbocycles. The molecular weight excluding hydrogens is 605 g/mol. The minimum Gasteiger partial charge on any atom is -0.466 e. The summed E-state index contributed by atoms with van der Waals surface area (Å²) in [4.78, 5) is 12.1. The second-order valence-electron chi connectivity index (χ2n) is 14.6. The molecule has 1 saturated heterocycles. The first-order valence-electron chi connectivity index (χ1n) is 17.3. The summed E-state index contributed by atoms with van der Waals surface area (Å²) in [7, 11) is -2.82. The van der Waals surface area contributed by atoms with Crippen molar-refractivity contribution in [1.29, 1.82) is 0 Å². The predicted octanol–water partition coefficient (Wildman–Crippen LogP) is 7.21. The quantitative estimate of drug-likeness (QED) is 0.0995. The average Bonchev–Trinajstić information content (AvgIpc) is 3.04. The molecule has 1 aliphatic heterocycles. The van der Waals surface area contributed by atoms with Crippen LogP contribution in [-0.2, 0) is 30.0 Å². The van der Waals surface area contributed by atoms with Gasteiger partial charge < -0.3 is 23.7 Å². The van der Waals surface area contributed by atoms with E-state index in [0.29, 0.717) is 26.2 Å². The Bertz CT molecular complexity index is 1300. The molecule has 0 amide bonds. The molecule has 7 heteroatoms. The van der Waals surface area contributed by atoms with Gasteiger partial charge in [-0.25, -0.2) is 0 Å². The largest absolute Gasteiger partial charge is 0.466 e. The Hall–Kier alpha value is -2.81. The predicted molar refractivity (Wildman–Crippen MR) is 191 cm³/mol. The zero-order valence-corrected chi connectivity index (χ0v) is 30.3. The van der Waals surface area contributed by atoms with Crippen LogP contribution in [0.25, 0.3) is 0 Å². The molecule has 47 heavy (non-hydrogen) atoms. The number of carbonyl (C=O) groups excluding carboxylic acids is 1. The molecule has 0 spiro atoms. The van der Waals surface area contributed by atoms with Crippen LogP contribution in [0.2, 0.25) is 5.04 Å². The smallest absolute Gasteiger partial charge is 0.308 e. The van der Waals surface area contributed by atoms with E-state index in [2.05, 4.69) is 107 Å². The van der Waals surface area contributed by atoms with Crippen LogP contribution in [0.4, 0.5) is 0 Å². The molecule has 1 aliphatic rings. The van der Waals surface area contributed by atoms with Gasteiger partial charge in [-0.05, 0) is 59.0 Å². The molecule has 0 radical (unpaired) electrons. The van der Waals surface area contributed by atoms with Gasteiger partial charge >= 0.3 is 5.97 Å². The summed E-state index contributed by atoms with van der Waals surface area (Å²) < 4.78 is 25.8. The van der Waals surface area contributed by atoms with E-state index in [-0.39, 0.29) is 41.2 Å². The lowest BCUT2D eigenvalue weighted by Crippen LogP contribution is -2.68. The second-order valence-corrected chi connectivity index (χ2v) is 18.9. The number of benzene rings is 3. The molecule has 0 aromatic heterocycles. The fourth-order valence-corrected chi connectivity index (χ4v) is 11.6. The van der Waals surface area contributed by atoms with Gasteiger partial charge in [-0.15, -0.1) is 0 Å². The van der Waals surface area contributed by atoms with Crippen LogP contribution >= 0.6 is 0 Å². The first-order chi connectivity index (χ1) is 22.4. The molecular formula is C40H56O6Si. The van der Waals surface area contributed by atoms with Gasteiger partial charge in [0.1, 0.15) is 0 Å². The van der Waals surface area contributed by atoms with Gasteiger partial charge in [0.15, 0.2) is 0 Å². The molecule has 4 rings (SSSR count). The highest BCUT2D eigenvalue weighted by atomic mass is 28.4. The highest BCUT2D eigenvalue weighted by Gasteiger charge is 2.52. The van der Waals surface area contributed by atoms with Crippen LogP contribution < -0.4 is 10.4 Å². The Balaban J connectivity index is 1.60. The van der Waals surface area contributed by atoms with Crippen molar-refractivity contribution in [3.05, 3.63) is 96.6 Å². The molecule has 1 heterocycles. The minimum atomic E-state index is -2.82. The van der Waals surface area contributed by atoms with Crippen molar-refractivity contribution in [3.63, 3.8) is 0 Å². The third kappa shape index (κ3) is 10.1. The van der Waals surface area contributed by atoms with Gasteiger partial charge in [-0.2, -0.15) is 0 Å². The first kappa shape index (κ1) is 37.0. The van der Waals surface area contributed by atoms with Crippen molar-refractivity contribution < 1.29 is 28.5 Å². The number of hydrogen-bond donors (Lipinski definition) is 1. The highest BCUT2D eigenvalue weighted by molar-refractivity contribution is 6.99. The average molecular weight is 661 g/mol. The number of esters is 1. The van der Waals surface area contributed by atoms with Crippen molar-refractivity contribution in [2.24, 2.45) is 5.41 Å². The summed E-state index contributed by atoms with van der Waals surface area (Å²) >= 11 is 0. The van der Waals surface area contributed by atoms with E-state index in [1.165, 1.54) is 10.4 Å². The van der Waals surface area contributed by atoms with Crippen LogP contribution in [0.5, 0.6) is 0 Å². The minimum absolute atomic E-state index is 0.0210. The zero-order valence-electron chi connectivity index (χ0n) is 29.3. The van der Waals surface area contributed by atoms with E-state index in [1.807, 2.05) is 18.2 Å². The summed E-state index contributed by atoms with van der Waals surface area (Å²) in [5.74, 6) is -0.376. The van der Waals surface area contributed by atoms with Crippen LogP contribution in [0.15, 0.2) is 91.0 Å². The van der Waals surface area contributed by atoms with Crippen molar-refractivity contribution in [3.8, 4) is 0 Å². The fourth-order valence-electron chi connectivity index (χ4n) is 6.91. The van der Waals surface area contributed by atoms with E-state index in [0.717, 1.165) is 31.2 Å². The summed E-state index contributed by atoms with van der Waals surface area (Å²) in [6, 6.07) is 31.8. The van der Waals surface area contributed by atoms with Crippen molar-refractivity contribution in [2.75, 3.05) is 13.2 Å². The van der Waals surface area contributed by atoms with E-state index < -0.39 is 14.4 Å². The van der Waals surface area contributed by atoms with Gasteiger partial charge in [-0.1, -0.05) is 126 Å². The highest BCUT2D eigenvalue weighted by Crippen LogP contribution is 2.42. The number of hydrogen-bond acceptors (Lipinski definition) is 6. The summed E-state index contributed by atoms with van der Waals surface area (Å²) in [5, 5.41) is 13.2. The van der Waals surface area contributed by atoms with Crippen molar-refractivity contribution in [2.45, 2.75) is 116 Å². The van der Waals surface area contributed by atoms with Crippen molar-refractivity contribution in [1.82, 2.24) is 0 Å². The van der Waals surface area contributed by atoms with Crippen molar-refractivity contribution >= 4 is 24.7 Å². The molecule has 0 bridgehead atoms. The van der Waals surface area contributed by atoms with E-state index >= 15 is 0 Å². The van der Waals surface area contributed by atoms with E-state index in [1.54, 1.807) is 6.92 Å². The lowest BCUT2D eigenvalue weighted by molar-refractivity contribution is -0.152. The van der Waals surface area contributed by atoms with E-state index in [9.17, 15) is 9.90 Å². The Labute approximate surface area is 283 Å². The SMILES string of the molecule is CCOC(=O)C[C@H](O)C[C@@H]1O[C@H](C[C@H](CCOCc2ccccc2)O[Si](c2ccccc2)(c2ccccc2)C(C)(C)C)CCC1(C)C. The van der Waals surface area contributed by atoms with Gasteiger partial charge in [-0.3, -0.25) is 4.79 Å². The summed E-state index contributed by atoms with van der Waals surface area (Å²) in [6.07, 6.45) is 2.54. The summed E-state index contributed by atoms with van der Waals surface area (Å²) in [6.45, 7) is 14.5. The molecule has 0 saturated carbocycles. The summed E-state index contributed by atoms with van der Waals surface area (Å²) in [5.41, 5.74) is 1.03. The first-order valence-corrected chi connectivity index (χ1v) is 19.2. The van der Waals surface area contributed by atoms with Gasteiger partial charge in [0.2, 0.25) is 0 Å². The molecule has 0 unspecified atom stereocenters. The lowest BCUT2D eigenvalue weighted by Gasteiger charge is -2.47. The lowest BCUT2D eigenvalue weighted by atomic mass is 9.76. The molecule has 1 N–H and O–H groups in total. The normalized spacial score (nSPS) is 19.6.